The van der Waals surface area contributed by atoms with Crippen LogP contribution in [0.4, 0.5) is 5.69 Å². The molecule has 0 aliphatic heterocycles. The number of furan rings is 1. The van der Waals surface area contributed by atoms with Crippen LogP contribution in [0.1, 0.15) is 16.9 Å². The number of aryl methyl sites for hydroxylation is 2. The van der Waals surface area contributed by atoms with Crippen molar-refractivity contribution in [2.45, 2.75) is 25.5 Å². The summed E-state index contributed by atoms with van der Waals surface area (Å²) >= 11 is 1.31. The number of anilines is 1. The molecular formula is C23H22N4O3S. The van der Waals surface area contributed by atoms with Gasteiger partial charge in [0.25, 0.3) is 0 Å². The van der Waals surface area contributed by atoms with Gasteiger partial charge in [0.1, 0.15) is 11.5 Å². The molecule has 2 heterocycles. The molecule has 0 bridgehead atoms. The molecule has 0 aliphatic carbocycles. The summed E-state index contributed by atoms with van der Waals surface area (Å²) in [6.07, 6.45) is 1.62. The molecule has 0 spiro atoms. The van der Waals surface area contributed by atoms with Crippen molar-refractivity contribution in [2.75, 3.05) is 11.1 Å². The average Bonchev–Trinajstić information content (AvgIpc) is 3.40. The van der Waals surface area contributed by atoms with Crippen LogP contribution in [0, 0.1) is 13.8 Å². The van der Waals surface area contributed by atoms with Crippen LogP contribution in [0.2, 0.25) is 0 Å². The Labute approximate surface area is 184 Å². The maximum absolute atomic E-state index is 12.5. The van der Waals surface area contributed by atoms with Crippen molar-refractivity contribution in [3.05, 3.63) is 77.7 Å². The van der Waals surface area contributed by atoms with E-state index in [1.165, 1.54) is 11.8 Å². The van der Waals surface area contributed by atoms with Gasteiger partial charge < -0.3 is 14.8 Å². The van der Waals surface area contributed by atoms with E-state index < -0.39 is 0 Å². The number of carbonyl (C=O) groups excluding carboxylic acids is 1. The third-order valence-corrected chi connectivity index (χ3v) is 5.69. The van der Waals surface area contributed by atoms with Crippen LogP contribution in [-0.4, -0.2) is 31.5 Å². The number of phenols is 1. The lowest BCUT2D eigenvalue weighted by Crippen LogP contribution is -2.15. The molecule has 4 aromatic rings. The van der Waals surface area contributed by atoms with Gasteiger partial charge in [-0.1, -0.05) is 29.5 Å². The normalized spacial score (nSPS) is 10.9. The SMILES string of the molecule is Cc1ccc(NC(=O)CSc2nnc(-c3ccc(O)cc3)n2Cc2ccco2)c(C)c1. The second-order valence-corrected chi connectivity index (χ2v) is 8.12. The summed E-state index contributed by atoms with van der Waals surface area (Å²) in [5.74, 6) is 1.64. The van der Waals surface area contributed by atoms with Crippen molar-refractivity contribution in [3.8, 4) is 17.1 Å². The molecule has 0 radical (unpaired) electrons. The number of hydrogen-bond acceptors (Lipinski definition) is 6. The molecule has 0 unspecified atom stereocenters. The molecule has 8 heteroatoms. The Kier molecular flexibility index (Phi) is 6.08. The van der Waals surface area contributed by atoms with Crippen LogP contribution in [0.15, 0.2) is 70.4 Å². The zero-order chi connectivity index (χ0) is 21.8. The fourth-order valence-corrected chi connectivity index (χ4v) is 3.93. The van der Waals surface area contributed by atoms with Gasteiger partial charge in [-0.2, -0.15) is 0 Å². The third kappa shape index (κ3) is 4.97. The Balaban J connectivity index is 1.53. The molecule has 0 saturated heterocycles. The fraction of sp³-hybridized carbons (Fsp3) is 0.174. The van der Waals surface area contributed by atoms with E-state index in [-0.39, 0.29) is 17.4 Å². The number of aromatic nitrogens is 3. The minimum Gasteiger partial charge on any atom is -0.508 e. The number of phenolic OH excluding ortho intramolecular Hbond substituents is 1. The summed E-state index contributed by atoms with van der Waals surface area (Å²) in [6.45, 7) is 4.42. The van der Waals surface area contributed by atoms with Crippen molar-refractivity contribution in [2.24, 2.45) is 0 Å². The first-order valence-corrected chi connectivity index (χ1v) is 10.7. The van der Waals surface area contributed by atoms with E-state index in [1.54, 1.807) is 30.5 Å². The molecule has 4 rings (SSSR count). The molecule has 7 nitrogen and oxygen atoms in total. The average molecular weight is 435 g/mol. The summed E-state index contributed by atoms with van der Waals surface area (Å²) in [6, 6.07) is 16.4. The van der Waals surface area contributed by atoms with Crippen LogP contribution in [0.5, 0.6) is 5.75 Å². The van der Waals surface area contributed by atoms with Crippen molar-refractivity contribution in [3.63, 3.8) is 0 Å². The Morgan fingerprint density at radius 3 is 2.65 bits per heavy atom. The predicted molar refractivity (Wildman–Crippen MR) is 120 cm³/mol. The van der Waals surface area contributed by atoms with Crippen LogP contribution in [-0.2, 0) is 11.3 Å². The fourth-order valence-electron chi connectivity index (χ4n) is 3.19. The second-order valence-electron chi connectivity index (χ2n) is 7.17. The maximum atomic E-state index is 12.5. The summed E-state index contributed by atoms with van der Waals surface area (Å²) in [5.41, 5.74) is 3.79. The zero-order valence-corrected chi connectivity index (χ0v) is 18.0. The number of amides is 1. The van der Waals surface area contributed by atoms with Crippen molar-refractivity contribution >= 4 is 23.4 Å². The lowest BCUT2D eigenvalue weighted by molar-refractivity contribution is -0.113. The van der Waals surface area contributed by atoms with Gasteiger partial charge in [-0.25, -0.2) is 0 Å². The molecule has 0 atom stereocenters. The van der Waals surface area contributed by atoms with Crippen LogP contribution >= 0.6 is 11.8 Å². The zero-order valence-electron chi connectivity index (χ0n) is 17.2. The summed E-state index contributed by atoms with van der Waals surface area (Å²) in [5, 5.41) is 21.8. The highest BCUT2D eigenvalue weighted by Gasteiger charge is 2.17. The molecular weight excluding hydrogens is 412 g/mol. The standard InChI is InChI=1S/C23H22N4O3S/c1-15-5-10-20(16(2)12-15)24-21(29)14-31-23-26-25-22(17-6-8-18(28)9-7-17)27(23)13-19-4-3-11-30-19/h3-12,28H,13-14H2,1-2H3,(H,24,29). The van der Waals surface area contributed by atoms with Crippen molar-refractivity contribution in [1.82, 2.24) is 14.8 Å². The van der Waals surface area contributed by atoms with Gasteiger partial charge in [0.05, 0.1) is 18.6 Å². The van der Waals surface area contributed by atoms with Gasteiger partial charge in [-0.3, -0.25) is 9.36 Å². The second kappa shape index (κ2) is 9.09. The summed E-state index contributed by atoms with van der Waals surface area (Å²) < 4.78 is 7.40. The van der Waals surface area contributed by atoms with E-state index in [0.29, 0.717) is 17.5 Å². The van der Waals surface area contributed by atoms with Gasteiger partial charge in [-0.15, -0.1) is 10.2 Å². The number of carbonyl (C=O) groups is 1. The highest BCUT2D eigenvalue weighted by atomic mass is 32.2. The van der Waals surface area contributed by atoms with E-state index in [4.69, 9.17) is 4.42 Å². The Bertz CT molecular complexity index is 1180. The van der Waals surface area contributed by atoms with Crippen LogP contribution < -0.4 is 5.32 Å². The van der Waals surface area contributed by atoms with E-state index in [2.05, 4.69) is 15.5 Å². The van der Waals surface area contributed by atoms with E-state index >= 15 is 0 Å². The highest BCUT2D eigenvalue weighted by Crippen LogP contribution is 2.27. The minimum absolute atomic E-state index is 0.115. The van der Waals surface area contributed by atoms with E-state index in [9.17, 15) is 9.90 Å². The lowest BCUT2D eigenvalue weighted by atomic mass is 10.1. The smallest absolute Gasteiger partial charge is 0.234 e. The van der Waals surface area contributed by atoms with E-state index in [1.807, 2.05) is 48.7 Å². The van der Waals surface area contributed by atoms with Gasteiger partial charge in [0.15, 0.2) is 11.0 Å². The minimum atomic E-state index is -0.115. The Morgan fingerprint density at radius 1 is 1.13 bits per heavy atom. The van der Waals surface area contributed by atoms with Crippen LogP contribution in [0.3, 0.4) is 0 Å². The number of nitrogens with one attached hydrogen (secondary N) is 1. The lowest BCUT2D eigenvalue weighted by Gasteiger charge is -2.10. The van der Waals surface area contributed by atoms with Gasteiger partial charge >= 0.3 is 0 Å². The monoisotopic (exact) mass is 434 g/mol. The molecule has 0 fully saturated rings. The molecule has 1 amide bonds. The van der Waals surface area contributed by atoms with E-state index in [0.717, 1.165) is 28.1 Å². The first-order chi connectivity index (χ1) is 15.0. The molecule has 2 aromatic carbocycles. The predicted octanol–water partition coefficient (Wildman–Crippen LogP) is 4.64. The number of nitrogens with zero attached hydrogens (tertiary/aromatic N) is 3. The van der Waals surface area contributed by atoms with Gasteiger partial charge in [0.2, 0.25) is 5.91 Å². The largest absolute Gasteiger partial charge is 0.508 e. The number of hydrogen-bond donors (Lipinski definition) is 2. The topological polar surface area (TPSA) is 93.2 Å². The van der Waals surface area contributed by atoms with Crippen LogP contribution in [0.25, 0.3) is 11.4 Å². The molecule has 0 aliphatic rings. The highest BCUT2D eigenvalue weighted by molar-refractivity contribution is 7.99. The quantitative estimate of drug-likeness (QED) is 0.412. The number of aromatic hydroxyl groups is 1. The number of thioether (sulfide) groups is 1. The third-order valence-electron chi connectivity index (χ3n) is 4.72. The maximum Gasteiger partial charge on any atom is 0.234 e. The molecule has 0 saturated carbocycles. The van der Waals surface area contributed by atoms with Crippen molar-refractivity contribution in [1.29, 1.82) is 0 Å². The van der Waals surface area contributed by atoms with Gasteiger partial charge in [0, 0.05) is 11.3 Å². The first kappa shape index (κ1) is 20.7. The first-order valence-electron chi connectivity index (χ1n) is 9.74. The summed E-state index contributed by atoms with van der Waals surface area (Å²) in [4.78, 5) is 12.5. The Morgan fingerprint density at radius 2 is 1.94 bits per heavy atom. The number of benzene rings is 2. The Hall–Kier alpha value is -3.52. The van der Waals surface area contributed by atoms with Gasteiger partial charge in [-0.05, 0) is 61.9 Å². The molecule has 2 aromatic heterocycles. The molecule has 158 valence electrons. The molecule has 2 N–H and O–H groups in total. The van der Waals surface area contributed by atoms with Crippen molar-refractivity contribution < 1.29 is 14.3 Å². The molecule has 31 heavy (non-hydrogen) atoms. The number of rotatable bonds is 7. The summed E-state index contributed by atoms with van der Waals surface area (Å²) in [7, 11) is 0.